The second-order valence-corrected chi connectivity index (χ2v) is 1.27. The molecule has 0 N–H and O–H groups in total. The van der Waals surface area contributed by atoms with Gasteiger partial charge in [0.25, 0.3) is 0 Å². The molecule has 0 atom stereocenters. The van der Waals surface area contributed by atoms with Crippen molar-refractivity contribution in [3.05, 3.63) is 36.7 Å². The van der Waals surface area contributed by atoms with Gasteiger partial charge in [-0.2, -0.15) is 0 Å². The molecule has 0 radical (unpaired) electrons. The van der Waals surface area contributed by atoms with Crippen LogP contribution in [0.1, 0.15) is 20.8 Å². The normalized spacial score (nSPS) is 10.6. The van der Waals surface area contributed by atoms with Crippen LogP contribution in [0.15, 0.2) is 36.7 Å². The van der Waals surface area contributed by atoms with Crippen LogP contribution < -0.4 is 0 Å². The zero-order chi connectivity index (χ0) is 8.41. The van der Waals surface area contributed by atoms with E-state index in [1.807, 2.05) is 13.8 Å². The number of hydrogen-bond donors (Lipinski definition) is 0. The summed E-state index contributed by atoms with van der Waals surface area (Å²) in [5.74, 6) is -0.232. The Balaban J connectivity index is 0. The van der Waals surface area contributed by atoms with Gasteiger partial charge in [0.05, 0.1) is 0 Å². The highest BCUT2D eigenvalue weighted by atomic mass is 19.1. The average molecular weight is 142 g/mol. The van der Waals surface area contributed by atoms with E-state index in [1.165, 1.54) is 18.2 Å². The zero-order valence-electron chi connectivity index (χ0n) is 6.89. The smallest absolute Gasteiger partial charge is 0.118 e. The molecule has 10 heavy (non-hydrogen) atoms. The molecule has 0 spiro atoms. The van der Waals surface area contributed by atoms with Gasteiger partial charge in [0.1, 0.15) is 5.83 Å². The third kappa shape index (κ3) is 10.2. The van der Waals surface area contributed by atoms with Crippen molar-refractivity contribution < 1.29 is 4.39 Å². The maximum atomic E-state index is 12.0. The molecule has 0 bridgehead atoms. The van der Waals surface area contributed by atoms with Gasteiger partial charge >= 0.3 is 0 Å². The monoisotopic (exact) mass is 142 g/mol. The van der Waals surface area contributed by atoms with Crippen LogP contribution in [0, 0.1) is 0 Å². The number of hydrogen-bond acceptors (Lipinski definition) is 0. The van der Waals surface area contributed by atoms with Crippen molar-refractivity contribution in [3.63, 3.8) is 0 Å². The van der Waals surface area contributed by atoms with Crippen LogP contribution in [0.3, 0.4) is 0 Å². The maximum absolute atomic E-state index is 12.0. The summed E-state index contributed by atoms with van der Waals surface area (Å²) in [5, 5.41) is 0. The third-order valence-corrected chi connectivity index (χ3v) is 0.667. The van der Waals surface area contributed by atoms with Crippen LogP contribution in [0.2, 0.25) is 0 Å². The molecule has 0 aromatic carbocycles. The van der Waals surface area contributed by atoms with E-state index in [0.717, 1.165) is 0 Å². The standard InChI is InChI=1S/C7H9F.C2H6/c1-3-5-6-7(8)4-2;1-2/h3-6H,1H2,2H3;1-2H3/b6-5-,7-4+;. The van der Waals surface area contributed by atoms with E-state index in [2.05, 4.69) is 6.58 Å². The molecular weight excluding hydrogens is 127 g/mol. The molecule has 0 aliphatic carbocycles. The molecule has 0 aromatic heterocycles. The molecule has 0 aliphatic heterocycles. The maximum Gasteiger partial charge on any atom is 0.118 e. The Morgan fingerprint density at radius 3 is 2.20 bits per heavy atom. The third-order valence-electron chi connectivity index (χ3n) is 0.667. The molecule has 0 unspecified atom stereocenters. The first-order valence-corrected chi connectivity index (χ1v) is 3.42. The molecular formula is C9H15F. The lowest BCUT2D eigenvalue weighted by molar-refractivity contribution is 0.665. The van der Waals surface area contributed by atoms with E-state index < -0.39 is 0 Å². The predicted molar refractivity (Wildman–Crippen MR) is 45.6 cm³/mol. The van der Waals surface area contributed by atoms with Crippen LogP contribution in [-0.4, -0.2) is 0 Å². The van der Waals surface area contributed by atoms with Gasteiger partial charge in [0.15, 0.2) is 0 Å². The van der Waals surface area contributed by atoms with E-state index in [1.54, 1.807) is 13.0 Å². The fourth-order valence-electron chi connectivity index (χ4n) is 0.256. The van der Waals surface area contributed by atoms with Gasteiger partial charge in [-0.25, -0.2) is 4.39 Å². The molecule has 0 aromatic rings. The summed E-state index contributed by atoms with van der Waals surface area (Å²) in [7, 11) is 0. The summed E-state index contributed by atoms with van der Waals surface area (Å²) >= 11 is 0. The van der Waals surface area contributed by atoms with Gasteiger partial charge in [0.2, 0.25) is 0 Å². The first-order chi connectivity index (χ1) is 4.81. The Labute approximate surface area is 62.8 Å². The highest BCUT2D eigenvalue weighted by Gasteiger charge is 1.76. The summed E-state index contributed by atoms with van der Waals surface area (Å²) in [6.07, 6.45) is 5.82. The van der Waals surface area contributed by atoms with Crippen LogP contribution in [0.25, 0.3) is 0 Å². The van der Waals surface area contributed by atoms with Crippen molar-refractivity contribution in [2.24, 2.45) is 0 Å². The lowest BCUT2D eigenvalue weighted by Gasteiger charge is -1.77. The molecule has 0 saturated carbocycles. The quantitative estimate of drug-likeness (QED) is 0.516. The van der Waals surface area contributed by atoms with E-state index in [4.69, 9.17) is 0 Å². The first-order valence-electron chi connectivity index (χ1n) is 3.42. The minimum atomic E-state index is -0.232. The average Bonchev–Trinajstić information content (AvgIpc) is 2.04. The van der Waals surface area contributed by atoms with Gasteiger partial charge in [-0.1, -0.05) is 38.7 Å². The summed E-state index contributed by atoms with van der Waals surface area (Å²) in [6.45, 7) is 9.03. The lowest BCUT2D eigenvalue weighted by atomic mass is 10.4. The molecule has 0 heterocycles. The number of halogens is 1. The van der Waals surface area contributed by atoms with Crippen molar-refractivity contribution in [1.82, 2.24) is 0 Å². The number of rotatable bonds is 2. The SMILES string of the molecule is C=C/C=C\C(F)=C/C.CC. The molecule has 58 valence electrons. The second-order valence-electron chi connectivity index (χ2n) is 1.27. The molecule has 0 rings (SSSR count). The summed E-state index contributed by atoms with van der Waals surface area (Å²) in [4.78, 5) is 0. The van der Waals surface area contributed by atoms with E-state index in [9.17, 15) is 4.39 Å². The molecule has 1 heteroatoms. The van der Waals surface area contributed by atoms with Crippen LogP contribution in [0.4, 0.5) is 4.39 Å². The van der Waals surface area contributed by atoms with Crippen LogP contribution >= 0.6 is 0 Å². The molecule has 0 nitrogen and oxygen atoms in total. The Kier molecular flexibility index (Phi) is 13.1. The Hall–Kier alpha value is -0.850. The molecule has 0 aliphatic rings. The fourth-order valence-corrected chi connectivity index (χ4v) is 0.256. The second kappa shape index (κ2) is 11.0. The topological polar surface area (TPSA) is 0 Å². The largest absolute Gasteiger partial charge is 0.207 e. The highest BCUT2D eigenvalue weighted by Crippen LogP contribution is 1.95. The fraction of sp³-hybridized carbons (Fsp3) is 0.333. The van der Waals surface area contributed by atoms with E-state index in [-0.39, 0.29) is 5.83 Å². The summed E-state index contributed by atoms with van der Waals surface area (Å²) in [6, 6.07) is 0. The van der Waals surface area contributed by atoms with Crippen molar-refractivity contribution in [2.75, 3.05) is 0 Å². The van der Waals surface area contributed by atoms with Crippen LogP contribution in [0.5, 0.6) is 0 Å². The molecule has 0 amide bonds. The summed E-state index contributed by atoms with van der Waals surface area (Å²) in [5.41, 5.74) is 0. The van der Waals surface area contributed by atoms with Crippen molar-refractivity contribution in [2.45, 2.75) is 20.8 Å². The highest BCUT2D eigenvalue weighted by molar-refractivity contribution is 5.14. The van der Waals surface area contributed by atoms with E-state index >= 15 is 0 Å². The first kappa shape index (κ1) is 11.9. The Morgan fingerprint density at radius 1 is 1.40 bits per heavy atom. The van der Waals surface area contributed by atoms with Gasteiger partial charge in [-0.3, -0.25) is 0 Å². The van der Waals surface area contributed by atoms with Crippen molar-refractivity contribution in [1.29, 1.82) is 0 Å². The zero-order valence-corrected chi connectivity index (χ0v) is 6.89. The van der Waals surface area contributed by atoms with Gasteiger partial charge in [-0.05, 0) is 13.0 Å². The minimum absolute atomic E-state index is 0.232. The van der Waals surface area contributed by atoms with Gasteiger partial charge < -0.3 is 0 Å². The summed E-state index contributed by atoms with van der Waals surface area (Å²) < 4.78 is 12.0. The lowest BCUT2D eigenvalue weighted by Crippen LogP contribution is -1.58. The van der Waals surface area contributed by atoms with E-state index in [0.29, 0.717) is 0 Å². The van der Waals surface area contributed by atoms with Crippen molar-refractivity contribution in [3.8, 4) is 0 Å². The Bertz CT molecular complexity index is 121. The van der Waals surface area contributed by atoms with Gasteiger partial charge in [-0.15, -0.1) is 0 Å². The van der Waals surface area contributed by atoms with Crippen LogP contribution in [-0.2, 0) is 0 Å². The minimum Gasteiger partial charge on any atom is -0.207 e. The predicted octanol–water partition coefficient (Wildman–Crippen LogP) is 3.63. The van der Waals surface area contributed by atoms with Gasteiger partial charge in [0, 0.05) is 0 Å². The molecule has 0 saturated heterocycles. The Morgan fingerprint density at radius 2 is 1.90 bits per heavy atom. The van der Waals surface area contributed by atoms with Crippen molar-refractivity contribution >= 4 is 0 Å². The molecule has 0 fully saturated rings. The number of allylic oxidation sites excluding steroid dienone is 5.